The fraction of sp³-hybridized carbons (Fsp3) is 0.800. The van der Waals surface area contributed by atoms with Crippen molar-refractivity contribution in [2.45, 2.75) is 31.5 Å². The zero-order chi connectivity index (χ0) is 16.9. The quantitative estimate of drug-likeness (QED) is 0.667. The summed E-state index contributed by atoms with van der Waals surface area (Å²) in [4.78, 5) is 13.2. The van der Waals surface area contributed by atoms with Gasteiger partial charge in [-0.15, -0.1) is 0 Å². The van der Waals surface area contributed by atoms with Gasteiger partial charge < -0.3 is 15.7 Å². The third-order valence-corrected chi connectivity index (χ3v) is 4.38. The van der Waals surface area contributed by atoms with Crippen LogP contribution in [0.25, 0.3) is 0 Å². The molecule has 0 aromatic carbocycles. The Morgan fingerprint density at radius 1 is 1.26 bits per heavy atom. The van der Waals surface area contributed by atoms with Crippen LogP contribution in [0.5, 0.6) is 0 Å². The van der Waals surface area contributed by atoms with E-state index in [0.717, 1.165) is 0 Å². The number of halogens is 3. The summed E-state index contributed by atoms with van der Waals surface area (Å²) in [5.41, 5.74) is 0. The molecule has 0 radical (unpaired) electrons. The number of nitrogens with zero attached hydrogens (tertiary/aromatic N) is 1. The van der Waals surface area contributed by atoms with Crippen LogP contribution in [-0.2, 0) is 0 Å². The minimum Gasteiger partial charge on any atom is -0.396 e. The van der Waals surface area contributed by atoms with Crippen LogP contribution in [0.1, 0.15) is 19.3 Å². The molecule has 2 aliphatic rings. The van der Waals surface area contributed by atoms with E-state index >= 15 is 0 Å². The molecule has 1 heterocycles. The molecule has 0 aromatic heterocycles. The summed E-state index contributed by atoms with van der Waals surface area (Å²) < 4.78 is 36.9. The van der Waals surface area contributed by atoms with Crippen molar-refractivity contribution in [2.75, 3.05) is 32.8 Å². The number of likely N-dealkylation sites (tertiary alicyclic amines) is 1. The molecule has 8 heteroatoms. The molecule has 1 saturated heterocycles. The number of carbonyl (C=O) groups is 1. The zero-order valence-electron chi connectivity index (χ0n) is 13.0. The van der Waals surface area contributed by atoms with Crippen molar-refractivity contribution in [3.05, 3.63) is 12.2 Å². The molecule has 1 fully saturated rings. The number of rotatable bonds is 5. The molecule has 2 rings (SSSR count). The van der Waals surface area contributed by atoms with E-state index in [4.69, 9.17) is 5.11 Å². The minimum atomic E-state index is -4.15. The van der Waals surface area contributed by atoms with Gasteiger partial charge in [-0.3, -0.25) is 4.90 Å². The first-order valence-corrected chi connectivity index (χ1v) is 7.98. The molecule has 1 aliphatic heterocycles. The van der Waals surface area contributed by atoms with Crippen LogP contribution in [0.2, 0.25) is 0 Å². The first kappa shape index (κ1) is 18.1. The Morgan fingerprint density at radius 3 is 2.52 bits per heavy atom. The maximum atomic E-state index is 12.3. The molecule has 0 bridgehead atoms. The van der Waals surface area contributed by atoms with E-state index in [-0.39, 0.29) is 30.5 Å². The molecular weight excluding hydrogens is 311 g/mol. The van der Waals surface area contributed by atoms with Crippen molar-refractivity contribution in [2.24, 2.45) is 11.8 Å². The lowest BCUT2D eigenvalue weighted by molar-refractivity contribution is -0.148. The number of aliphatic hydroxyl groups excluding tert-OH is 1. The van der Waals surface area contributed by atoms with Gasteiger partial charge in [-0.2, -0.15) is 13.2 Å². The molecule has 0 aromatic rings. The largest absolute Gasteiger partial charge is 0.401 e. The third-order valence-electron chi connectivity index (χ3n) is 4.38. The van der Waals surface area contributed by atoms with Crippen molar-refractivity contribution in [3.8, 4) is 0 Å². The molecule has 5 nitrogen and oxygen atoms in total. The monoisotopic (exact) mass is 335 g/mol. The Morgan fingerprint density at radius 2 is 1.96 bits per heavy atom. The van der Waals surface area contributed by atoms with Crippen molar-refractivity contribution in [1.82, 2.24) is 15.5 Å². The molecular formula is C15H24F3N3O2. The van der Waals surface area contributed by atoms with Crippen LogP contribution in [0.15, 0.2) is 12.2 Å². The second-order valence-electron chi connectivity index (χ2n) is 6.36. The number of aliphatic hydroxyl groups is 1. The van der Waals surface area contributed by atoms with Gasteiger partial charge in [-0.25, -0.2) is 4.79 Å². The Bertz CT molecular complexity index is 421. The summed E-state index contributed by atoms with van der Waals surface area (Å²) in [6.07, 6.45) is 1.63. The lowest BCUT2D eigenvalue weighted by Gasteiger charge is -2.32. The maximum absolute atomic E-state index is 12.3. The van der Waals surface area contributed by atoms with Crippen molar-refractivity contribution in [3.63, 3.8) is 0 Å². The topological polar surface area (TPSA) is 64.6 Å². The van der Waals surface area contributed by atoms with Crippen LogP contribution in [0, 0.1) is 11.8 Å². The summed E-state index contributed by atoms with van der Waals surface area (Å²) in [7, 11) is 0. The van der Waals surface area contributed by atoms with Crippen molar-refractivity contribution >= 4 is 6.03 Å². The number of hydrogen-bond donors (Lipinski definition) is 3. The van der Waals surface area contributed by atoms with E-state index in [1.807, 2.05) is 12.2 Å². The van der Waals surface area contributed by atoms with E-state index in [2.05, 4.69) is 10.6 Å². The Hall–Kier alpha value is -1.28. The summed E-state index contributed by atoms with van der Waals surface area (Å²) >= 11 is 0. The average molecular weight is 335 g/mol. The lowest BCUT2D eigenvalue weighted by Crippen LogP contribution is -2.45. The number of hydrogen-bond acceptors (Lipinski definition) is 3. The van der Waals surface area contributed by atoms with Gasteiger partial charge in [0.15, 0.2) is 0 Å². The van der Waals surface area contributed by atoms with Crippen LogP contribution in [-0.4, -0.2) is 61.0 Å². The smallest absolute Gasteiger partial charge is 0.396 e. The number of alkyl halides is 3. The highest BCUT2D eigenvalue weighted by Gasteiger charge is 2.32. The third kappa shape index (κ3) is 6.39. The Balaban J connectivity index is 1.60. The number of piperidine rings is 1. The second kappa shape index (κ2) is 8.01. The molecule has 2 atom stereocenters. The van der Waals surface area contributed by atoms with E-state index in [0.29, 0.717) is 38.9 Å². The zero-order valence-corrected chi connectivity index (χ0v) is 13.0. The minimum absolute atomic E-state index is 0.0687. The van der Waals surface area contributed by atoms with E-state index in [1.165, 1.54) is 4.90 Å². The van der Waals surface area contributed by atoms with Gasteiger partial charge in [-0.05, 0) is 38.3 Å². The Labute approximate surface area is 133 Å². The van der Waals surface area contributed by atoms with E-state index < -0.39 is 12.7 Å². The van der Waals surface area contributed by atoms with Crippen molar-refractivity contribution in [1.29, 1.82) is 0 Å². The summed E-state index contributed by atoms with van der Waals surface area (Å²) in [6.45, 7) is 0.528. The highest BCUT2D eigenvalue weighted by Crippen LogP contribution is 2.22. The first-order chi connectivity index (χ1) is 10.9. The van der Waals surface area contributed by atoms with Gasteiger partial charge in [0.05, 0.1) is 6.54 Å². The summed E-state index contributed by atoms with van der Waals surface area (Å²) in [5, 5.41) is 14.6. The number of amides is 2. The number of carbonyl (C=O) groups excluding carboxylic acids is 1. The molecule has 23 heavy (non-hydrogen) atoms. The van der Waals surface area contributed by atoms with Gasteiger partial charge in [0, 0.05) is 25.1 Å². The van der Waals surface area contributed by atoms with Crippen molar-refractivity contribution < 1.29 is 23.1 Å². The van der Waals surface area contributed by atoms with Gasteiger partial charge >= 0.3 is 12.2 Å². The fourth-order valence-corrected chi connectivity index (χ4v) is 3.08. The maximum Gasteiger partial charge on any atom is 0.401 e. The predicted octanol–water partition coefficient (Wildman–Crippen LogP) is 1.50. The molecule has 3 N–H and O–H groups in total. The summed E-state index contributed by atoms with van der Waals surface area (Å²) in [6, 6.07) is -0.336. The fourth-order valence-electron chi connectivity index (χ4n) is 3.08. The number of nitrogens with one attached hydrogen (secondary N) is 2. The normalized spacial score (nSPS) is 26.4. The van der Waals surface area contributed by atoms with Crippen LogP contribution < -0.4 is 10.6 Å². The molecule has 0 saturated carbocycles. The van der Waals surface area contributed by atoms with Gasteiger partial charge in [0.2, 0.25) is 0 Å². The standard InChI is InChI=1S/C15H24F3N3O2/c16-15(17,18)10-21-5-3-11(4-6-21)8-19-14(23)20-13-2-1-12(7-13)9-22/h1-2,11-13,22H,3-10H2,(H2,19,20,23)/t12-,13+/m0/s1. The van der Waals surface area contributed by atoms with Gasteiger partial charge in [0.25, 0.3) is 0 Å². The molecule has 132 valence electrons. The van der Waals surface area contributed by atoms with Crippen LogP contribution >= 0.6 is 0 Å². The number of urea groups is 1. The predicted molar refractivity (Wildman–Crippen MR) is 79.9 cm³/mol. The molecule has 2 amide bonds. The van der Waals surface area contributed by atoms with Gasteiger partial charge in [-0.1, -0.05) is 12.2 Å². The molecule has 0 unspecified atom stereocenters. The second-order valence-corrected chi connectivity index (χ2v) is 6.36. The van der Waals surface area contributed by atoms with E-state index in [9.17, 15) is 18.0 Å². The summed E-state index contributed by atoms with van der Waals surface area (Å²) in [5.74, 6) is 0.313. The first-order valence-electron chi connectivity index (χ1n) is 7.98. The highest BCUT2D eigenvalue weighted by molar-refractivity contribution is 5.74. The molecule has 1 aliphatic carbocycles. The van der Waals surface area contributed by atoms with Crippen LogP contribution in [0.3, 0.4) is 0 Å². The Kier molecular flexibility index (Phi) is 6.29. The van der Waals surface area contributed by atoms with Crippen LogP contribution in [0.4, 0.5) is 18.0 Å². The average Bonchev–Trinajstić information content (AvgIpc) is 2.92. The highest BCUT2D eigenvalue weighted by atomic mass is 19.4. The molecule has 0 spiro atoms. The lowest BCUT2D eigenvalue weighted by atomic mass is 9.97. The SMILES string of the molecule is O=C(NCC1CCN(CC(F)(F)F)CC1)N[C@@H]1C=C[C@H](CO)C1. The van der Waals surface area contributed by atoms with Gasteiger partial charge in [0.1, 0.15) is 0 Å². The van der Waals surface area contributed by atoms with E-state index in [1.54, 1.807) is 0 Å².